The van der Waals surface area contributed by atoms with Gasteiger partial charge in [-0.15, -0.1) is 0 Å². The molecule has 0 fully saturated rings. The maximum absolute atomic E-state index is 13.9. The maximum atomic E-state index is 13.9. The third-order valence-corrected chi connectivity index (χ3v) is 7.31. The first-order valence-electron chi connectivity index (χ1n) is 14.2. The largest absolute Gasteiger partial charge is 0.494 e. The predicted octanol–water partition coefficient (Wildman–Crippen LogP) is 7.92. The van der Waals surface area contributed by atoms with Crippen LogP contribution in [0.25, 0.3) is 22.3 Å². The second-order valence-electron chi connectivity index (χ2n) is 10.5. The van der Waals surface area contributed by atoms with Crippen LogP contribution in [0.4, 0.5) is 5.69 Å². The molecule has 0 bridgehead atoms. The minimum atomic E-state index is -0.451. The van der Waals surface area contributed by atoms with Gasteiger partial charge in [0, 0.05) is 28.3 Å². The Hall–Kier alpha value is -5.02. The van der Waals surface area contributed by atoms with Crippen molar-refractivity contribution in [1.29, 1.82) is 0 Å². The summed E-state index contributed by atoms with van der Waals surface area (Å²) in [6, 6.07) is 22.4. The van der Waals surface area contributed by atoms with Crippen molar-refractivity contribution in [3.63, 3.8) is 0 Å². The van der Waals surface area contributed by atoms with Gasteiger partial charge in [0.15, 0.2) is 5.82 Å². The van der Waals surface area contributed by atoms with Gasteiger partial charge in [-0.2, -0.15) is 9.78 Å². The number of aromatic nitrogens is 2. The molecule has 5 aromatic rings. The van der Waals surface area contributed by atoms with E-state index in [4.69, 9.17) is 26.1 Å². The van der Waals surface area contributed by atoms with Gasteiger partial charge in [-0.3, -0.25) is 14.9 Å². The van der Waals surface area contributed by atoms with Crippen molar-refractivity contribution in [1.82, 2.24) is 9.66 Å². The summed E-state index contributed by atoms with van der Waals surface area (Å²) in [5, 5.41) is 16.7. The third-order valence-electron chi connectivity index (χ3n) is 7.07. The maximum Gasteiger partial charge on any atom is 0.282 e. The first-order valence-corrected chi connectivity index (χ1v) is 14.5. The van der Waals surface area contributed by atoms with E-state index in [2.05, 4.69) is 18.9 Å². The van der Waals surface area contributed by atoms with Crippen molar-refractivity contribution in [2.24, 2.45) is 5.10 Å². The van der Waals surface area contributed by atoms with Crippen LogP contribution in [0.1, 0.15) is 48.9 Å². The molecular formula is C34H31ClN4O5. The molecule has 0 aliphatic heterocycles. The SMILES string of the molecule is CCOc1cc(C)c(-c2nc3ccccc3c(=O)n2N=Cc2cc(Cl)ccc2OCc2cccc([N+](=O)[O-])c2)cc1C(C)C. The highest BCUT2D eigenvalue weighted by atomic mass is 35.5. The number of aryl methyl sites for hydroxylation is 1. The van der Waals surface area contributed by atoms with E-state index in [1.165, 1.54) is 23.0 Å². The van der Waals surface area contributed by atoms with Gasteiger partial charge in [0.1, 0.15) is 18.1 Å². The van der Waals surface area contributed by atoms with Crippen molar-refractivity contribution in [3.05, 3.63) is 127 Å². The van der Waals surface area contributed by atoms with Gasteiger partial charge in [-0.05, 0) is 78.9 Å². The van der Waals surface area contributed by atoms with Crippen LogP contribution < -0.4 is 15.0 Å². The Morgan fingerprint density at radius 2 is 1.82 bits per heavy atom. The van der Waals surface area contributed by atoms with E-state index >= 15 is 0 Å². The predicted molar refractivity (Wildman–Crippen MR) is 173 cm³/mol. The van der Waals surface area contributed by atoms with Crippen molar-refractivity contribution < 1.29 is 14.4 Å². The number of hydrogen-bond acceptors (Lipinski definition) is 7. The summed E-state index contributed by atoms with van der Waals surface area (Å²) in [6.07, 6.45) is 1.50. The molecule has 0 atom stereocenters. The number of fused-ring (bicyclic) bond motifs is 1. The number of benzene rings is 4. The lowest BCUT2D eigenvalue weighted by molar-refractivity contribution is -0.384. The Morgan fingerprint density at radius 1 is 1.02 bits per heavy atom. The normalized spacial score (nSPS) is 11.4. The summed E-state index contributed by atoms with van der Waals surface area (Å²) < 4.78 is 13.2. The molecule has 4 aromatic carbocycles. The highest BCUT2D eigenvalue weighted by molar-refractivity contribution is 6.30. The molecule has 0 saturated carbocycles. The van der Waals surface area contributed by atoms with Gasteiger partial charge in [-0.1, -0.05) is 49.7 Å². The summed E-state index contributed by atoms with van der Waals surface area (Å²) in [7, 11) is 0. The zero-order chi connectivity index (χ0) is 31.4. The Kier molecular flexibility index (Phi) is 9.06. The highest BCUT2D eigenvalue weighted by Gasteiger charge is 2.19. The molecule has 44 heavy (non-hydrogen) atoms. The van der Waals surface area contributed by atoms with E-state index < -0.39 is 4.92 Å². The quantitative estimate of drug-likeness (QED) is 0.0902. The standard InChI is InChI=1S/C34H31ClN4O5/c1-5-43-32-15-22(4)29(18-28(32)21(2)3)33-37-30-12-7-6-11-27(30)34(40)38(33)36-19-24-17-25(35)13-14-31(24)44-20-23-9-8-10-26(16-23)39(41)42/h6-19,21H,5,20H2,1-4H3. The summed E-state index contributed by atoms with van der Waals surface area (Å²) in [4.78, 5) is 29.5. The molecule has 0 N–H and O–H groups in total. The lowest BCUT2D eigenvalue weighted by atomic mass is 9.96. The average molecular weight is 611 g/mol. The van der Waals surface area contributed by atoms with E-state index in [1.54, 1.807) is 48.5 Å². The van der Waals surface area contributed by atoms with E-state index in [1.807, 2.05) is 32.0 Å². The topological polar surface area (TPSA) is 109 Å². The first-order chi connectivity index (χ1) is 21.2. The molecule has 0 saturated heterocycles. The second kappa shape index (κ2) is 13.1. The lowest BCUT2D eigenvalue weighted by Crippen LogP contribution is -2.21. The Bertz CT molecular complexity index is 1950. The zero-order valence-corrected chi connectivity index (χ0v) is 25.5. The number of halogens is 1. The van der Waals surface area contributed by atoms with Crippen LogP contribution in [0.5, 0.6) is 11.5 Å². The molecule has 0 aliphatic carbocycles. The zero-order valence-electron chi connectivity index (χ0n) is 24.8. The van der Waals surface area contributed by atoms with Gasteiger partial charge >= 0.3 is 0 Å². The molecule has 0 aliphatic rings. The van der Waals surface area contributed by atoms with E-state index in [0.717, 1.165) is 22.4 Å². The summed E-state index contributed by atoms with van der Waals surface area (Å²) in [5.41, 5.74) is 3.98. The van der Waals surface area contributed by atoms with Crippen molar-refractivity contribution in [2.75, 3.05) is 6.61 Å². The fourth-order valence-corrected chi connectivity index (χ4v) is 5.05. The van der Waals surface area contributed by atoms with E-state index in [9.17, 15) is 14.9 Å². The second-order valence-corrected chi connectivity index (χ2v) is 10.9. The lowest BCUT2D eigenvalue weighted by Gasteiger charge is -2.18. The molecule has 1 heterocycles. The molecule has 224 valence electrons. The number of hydrogen-bond donors (Lipinski definition) is 0. The van der Waals surface area contributed by atoms with Gasteiger partial charge in [-0.25, -0.2) is 4.98 Å². The van der Waals surface area contributed by atoms with Crippen LogP contribution >= 0.6 is 11.6 Å². The van der Waals surface area contributed by atoms with Crippen LogP contribution in [-0.4, -0.2) is 27.4 Å². The third kappa shape index (κ3) is 6.48. The van der Waals surface area contributed by atoms with Crippen LogP contribution in [0.2, 0.25) is 5.02 Å². The number of rotatable bonds is 10. The number of nitro groups is 1. The molecule has 0 amide bonds. The van der Waals surface area contributed by atoms with Crippen LogP contribution in [-0.2, 0) is 6.61 Å². The monoisotopic (exact) mass is 610 g/mol. The highest BCUT2D eigenvalue weighted by Crippen LogP contribution is 2.34. The minimum absolute atomic E-state index is 0.0232. The number of nitro benzene ring substituents is 1. The average Bonchev–Trinajstić information content (AvgIpc) is 3.00. The molecule has 0 unspecified atom stereocenters. The first kappa shape index (κ1) is 30.4. The van der Waals surface area contributed by atoms with Gasteiger partial charge < -0.3 is 9.47 Å². The van der Waals surface area contributed by atoms with E-state index in [0.29, 0.717) is 45.2 Å². The van der Waals surface area contributed by atoms with Crippen molar-refractivity contribution >= 4 is 34.4 Å². The summed E-state index contributed by atoms with van der Waals surface area (Å²) in [6.45, 7) is 8.69. The molecule has 10 heteroatoms. The summed E-state index contributed by atoms with van der Waals surface area (Å²) >= 11 is 6.33. The Labute approximate surface area is 259 Å². The fraction of sp³-hybridized carbons (Fsp3) is 0.206. The van der Waals surface area contributed by atoms with Gasteiger partial charge in [0.2, 0.25) is 0 Å². The number of para-hydroxylation sites is 1. The number of ether oxygens (including phenoxy) is 2. The molecule has 9 nitrogen and oxygen atoms in total. The van der Waals surface area contributed by atoms with Crippen molar-refractivity contribution in [2.45, 2.75) is 40.2 Å². The summed E-state index contributed by atoms with van der Waals surface area (Å²) in [5.74, 6) is 1.78. The molecule has 5 rings (SSSR count). The van der Waals surface area contributed by atoms with Crippen molar-refractivity contribution in [3.8, 4) is 22.9 Å². The molecular weight excluding hydrogens is 580 g/mol. The molecule has 0 radical (unpaired) electrons. The Balaban J connectivity index is 1.61. The molecule has 1 aromatic heterocycles. The number of nitrogens with zero attached hydrogens (tertiary/aromatic N) is 4. The number of non-ortho nitro benzene ring substituents is 1. The van der Waals surface area contributed by atoms with Crippen LogP contribution in [0.3, 0.4) is 0 Å². The van der Waals surface area contributed by atoms with Gasteiger partial charge in [0.25, 0.3) is 11.2 Å². The molecule has 0 spiro atoms. The fourth-order valence-electron chi connectivity index (χ4n) is 4.87. The smallest absolute Gasteiger partial charge is 0.282 e. The van der Waals surface area contributed by atoms with Gasteiger partial charge in [0.05, 0.1) is 28.6 Å². The van der Waals surface area contributed by atoms with Crippen LogP contribution in [0, 0.1) is 17.0 Å². The Morgan fingerprint density at radius 3 is 2.57 bits per heavy atom. The van der Waals surface area contributed by atoms with Crippen LogP contribution in [0.15, 0.2) is 88.8 Å². The van der Waals surface area contributed by atoms with E-state index in [-0.39, 0.29) is 23.8 Å². The minimum Gasteiger partial charge on any atom is -0.494 e.